The fourth-order valence-corrected chi connectivity index (χ4v) is 5.35. The minimum Gasteiger partial charge on any atom is -0.354 e. The lowest BCUT2D eigenvalue weighted by molar-refractivity contribution is 0.381. The van der Waals surface area contributed by atoms with Crippen molar-refractivity contribution < 1.29 is 0 Å². The van der Waals surface area contributed by atoms with Crippen LogP contribution >= 0.6 is 0 Å². The van der Waals surface area contributed by atoms with Crippen LogP contribution in [0.5, 0.6) is 0 Å². The van der Waals surface area contributed by atoms with Gasteiger partial charge in [-0.3, -0.25) is 4.40 Å². The molecule has 0 spiro atoms. The number of pyridine rings is 2. The van der Waals surface area contributed by atoms with Crippen molar-refractivity contribution >= 4 is 28.3 Å². The van der Waals surface area contributed by atoms with Gasteiger partial charge in [0.2, 0.25) is 0 Å². The maximum Gasteiger partial charge on any atom is 0.142 e. The number of fused-ring (bicyclic) bond motifs is 2. The Bertz CT molecular complexity index is 1220. The monoisotopic (exact) mass is 429 g/mol. The minimum absolute atomic E-state index is 0.814. The van der Waals surface area contributed by atoms with Crippen LogP contribution in [0.4, 0.5) is 11.6 Å². The van der Waals surface area contributed by atoms with Crippen LogP contribution in [-0.2, 0) is 6.54 Å². The Balaban J connectivity index is 1.16. The number of anilines is 2. The highest BCUT2D eigenvalue weighted by Crippen LogP contribution is 2.25. The van der Waals surface area contributed by atoms with E-state index in [1.54, 1.807) is 0 Å². The van der Waals surface area contributed by atoms with Gasteiger partial charge in [-0.25, -0.2) is 9.97 Å². The standard InChI is InChI=1S/C25H31N7/c1-28-11-7-20(19-28)8-12-31-13-9-21-5-6-23(27-25(21)31)29-15-17-30(18-16-29)24-4-2-3-22-26-10-14-32(22)24/h2-6,9-10,13-14,20H,7-8,11-12,15-19H2,1H3. The van der Waals surface area contributed by atoms with Crippen molar-refractivity contribution in [3.63, 3.8) is 0 Å². The summed E-state index contributed by atoms with van der Waals surface area (Å²) in [5, 5.41) is 1.24. The first-order valence-corrected chi connectivity index (χ1v) is 11.8. The molecule has 6 heterocycles. The molecule has 0 bridgehead atoms. The van der Waals surface area contributed by atoms with E-state index in [2.05, 4.69) is 78.3 Å². The van der Waals surface area contributed by atoms with Crippen LogP contribution < -0.4 is 9.80 Å². The van der Waals surface area contributed by atoms with Gasteiger partial charge >= 0.3 is 0 Å². The van der Waals surface area contributed by atoms with Crippen molar-refractivity contribution in [3.05, 3.63) is 55.0 Å². The third-order valence-electron chi connectivity index (χ3n) is 7.20. The largest absolute Gasteiger partial charge is 0.354 e. The molecule has 2 aliphatic rings. The smallest absolute Gasteiger partial charge is 0.142 e. The van der Waals surface area contributed by atoms with E-state index in [9.17, 15) is 0 Å². The van der Waals surface area contributed by atoms with Crippen LogP contribution in [-0.4, -0.2) is 70.2 Å². The normalized spacial score (nSPS) is 20.1. The Labute approximate surface area is 188 Å². The van der Waals surface area contributed by atoms with Crippen LogP contribution in [0.2, 0.25) is 0 Å². The van der Waals surface area contributed by atoms with Gasteiger partial charge in [-0.1, -0.05) is 6.07 Å². The van der Waals surface area contributed by atoms with Gasteiger partial charge in [0.05, 0.1) is 0 Å². The number of piperazine rings is 1. The molecule has 2 fully saturated rings. The van der Waals surface area contributed by atoms with E-state index in [4.69, 9.17) is 4.98 Å². The molecule has 7 heteroatoms. The van der Waals surface area contributed by atoms with Crippen molar-refractivity contribution in [3.8, 4) is 0 Å². The molecule has 2 saturated heterocycles. The first kappa shape index (κ1) is 19.6. The maximum atomic E-state index is 5.10. The zero-order valence-corrected chi connectivity index (χ0v) is 18.8. The molecule has 2 aliphatic heterocycles. The zero-order chi connectivity index (χ0) is 21.5. The van der Waals surface area contributed by atoms with Gasteiger partial charge in [-0.2, -0.15) is 0 Å². The second-order valence-electron chi connectivity index (χ2n) is 9.31. The van der Waals surface area contributed by atoms with Gasteiger partial charge < -0.3 is 19.3 Å². The van der Waals surface area contributed by atoms with Crippen molar-refractivity contribution in [1.82, 2.24) is 23.8 Å². The molecule has 4 aromatic rings. The Hall–Kier alpha value is -3.06. The van der Waals surface area contributed by atoms with E-state index >= 15 is 0 Å². The topological polar surface area (TPSA) is 44.8 Å². The van der Waals surface area contributed by atoms with E-state index in [1.807, 2.05) is 12.4 Å². The summed E-state index contributed by atoms with van der Waals surface area (Å²) in [4.78, 5) is 16.8. The average Bonchev–Trinajstić information content (AvgIpc) is 3.57. The third kappa shape index (κ3) is 3.60. The van der Waals surface area contributed by atoms with Crippen LogP contribution in [0.3, 0.4) is 0 Å². The fraction of sp³-hybridized carbons (Fsp3) is 0.440. The predicted octanol–water partition coefficient (Wildman–Crippen LogP) is 3.35. The number of rotatable bonds is 5. The van der Waals surface area contributed by atoms with E-state index in [0.717, 1.165) is 55.8 Å². The molecular formula is C25H31N7. The summed E-state index contributed by atoms with van der Waals surface area (Å²) in [6.07, 6.45) is 8.69. The summed E-state index contributed by atoms with van der Waals surface area (Å²) >= 11 is 0. The summed E-state index contributed by atoms with van der Waals surface area (Å²) < 4.78 is 4.53. The van der Waals surface area contributed by atoms with E-state index < -0.39 is 0 Å². The van der Waals surface area contributed by atoms with Gasteiger partial charge in [0.15, 0.2) is 0 Å². The summed E-state index contributed by atoms with van der Waals surface area (Å²) in [7, 11) is 2.23. The number of imidazole rings is 1. The van der Waals surface area contributed by atoms with Crippen LogP contribution in [0, 0.1) is 5.92 Å². The molecule has 0 saturated carbocycles. The lowest BCUT2D eigenvalue weighted by Crippen LogP contribution is -2.47. The minimum atomic E-state index is 0.814. The number of hydrogen-bond donors (Lipinski definition) is 0. The van der Waals surface area contributed by atoms with Gasteiger partial charge in [0, 0.05) is 63.2 Å². The molecule has 7 nitrogen and oxygen atoms in total. The van der Waals surface area contributed by atoms with E-state index in [0.29, 0.717) is 0 Å². The molecule has 0 radical (unpaired) electrons. The Morgan fingerprint density at radius 3 is 2.66 bits per heavy atom. The highest BCUT2D eigenvalue weighted by Gasteiger charge is 2.21. The summed E-state index contributed by atoms with van der Waals surface area (Å²) in [5.41, 5.74) is 2.13. The third-order valence-corrected chi connectivity index (χ3v) is 7.20. The van der Waals surface area contributed by atoms with Gasteiger partial charge in [0.25, 0.3) is 0 Å². The molecule has 32 heavy (non-hydrogen) atoms. The molecule has 0 amide bonds. The number of aryl methyl sites for hydroxylation is 1. The highest BCUT2D eigenvalue weighted by atomic mass is 15.3. The second-order valence-corrected chi connectivity index (χ2v) is 9.31. The van der Waals surface area contributed by atoms with E-state index in [-0.39, 0.29) is 0 Å². The molecule has 4 aromatic heterocycles. The maximum absolute atomic E-state index is 5.10. The summed E-state index contributed by atoms with van der Waals surface area (Å²) in [6, 6.07) is 13.0. The van der Waals surface area contributed by atoms with Crippen molar-refractivity contribution in [1.29, 1.82) is 0 Å². The molecule has 1 unspecified atom stereocenters. The van der Waals surface area contributed by atoms with Crippen LogP contribution in [0.15, 0.2) is 55.0 Å². The lowest BCUT2D eigenvalue weighted by atomic mass is 10.1. The highest BCUT2D eigenvalue weighted by molar-refractivity contribution is 5.78. The van der Waals surface area contributed by atoms with Crippen molar-refractivity contribution in [2.75, 3.05) is 56.1 Å². The lowest BCUT2D eigenvalue weighted by Gasteiger charge is -2.36. The molecule has 1 atom stereocenters. The molecule has 0 N–H and O–H groups in total. The van der Waals surface area contributed by atoms with Crippen LogP contribution in [0.25, 0.3) is 16.7 Å². The summed E-state index contributed by atoms with van der Waals surface area (Å²) in [5.74, 6) is 3.13. The molecule has 0 aliphatic carbocycles. The number of aromatic nitrogens is 4. The Kier molecular flexibility index (Phi) is 4.98. The fourth-order valence-electron chi connectivity index (χ4n) is 5.35. The quantitative estimate of drug-likeness (QED) is 0.487. The van der Waals surface area contributed by atoms with Crippen molar-refractivity contribution in [2.45, 2.75) is 19.4 Å². The number of likely N-dealkylation sites (tertiary alicyclic amines) is 1. The second kappa shape index (κ2) is 8.13. The first-order chi connectivity index (χ1) is 15.7. The van der Waals surface area contributed by atoms with Crippen LogP contribution in [0.1, 0.15) is 12.8 Å². The van der Waals surface area contributed by atoms with E-state index in [1.165, 1.54) is 37.1 Å². The van der Waals surface area contributed by atoms with Gasteiger partial charge in [0.1, 0.15) is 22.9 Å². The van der Waals surface area contributed by atoms with Crippen molar-refractivity contribution in [2.24, 2.45) is 5.92 Å². The molecule has 6 rings (SSSR count). The summed E-state index contributed by atoms with van der Waals surface area (Å²) in [6.45, 7) is 7.43. The molecular weight excluding hydrogens is 398 g/mol. The molecule has 0 aromatic carbocycles. The number of nitrogens with zero attached hydrogens (tertiary/aromatic N) is 7. The average molecular weight is 430 g/mol. The number of hydrogen-bond acceptors (Lipinski definition) is 5. The SMILES string of the molecule is CN1CCC(CCn2ccc3ccc(N4CCN(c5cccc6nccn56)CC4)nc32)C1. The zero-order valence-electron chi connectivity index (χ0n) is 18.8. The Morgan fingerprint density at radius 2 is 1.81 bits per heavy atom. The predicted molar refractivity (Wildman–Crippen MR) is 130 cm³/mol. The molecule has 166 valence electrons. The van der Waals surface area contributed by atoms with Gasteiger partial charge in [-0.05, 0) is 62.7 Å². The Morgan fingerprint density at radius 1 is 0.938 bits per heavy atom. The van der Waals surface area contributed by atoms with Gasteiger partial charge in [-0.15, -0.1) is 0 Å². The first-order valence-electron chi connectivity index (χ1n) is 11.8.